The topological polar surface area (TPSA) is 133 Å². The minimum Gasteiger partial charge on any atom is -0.444 e. The summed E-state index contributed by atoms with van der Waals surface area (Å²) < 4.78 is 77.4. The molecule has 3 aliphatic rings. The summed E-state index contributed by atoms with van der Waals surface area (Å²) in [5.74, 6) is -5.77. The fourth-order valence-electron chi connectivity index (χ4n) is 6.23. The smallest absolute Gasteiger partial charge is 0.407 e. The van der Waals surface area contributed by atoms with Crippen molar-refractivity contribution in [1.82, 2.24) is 14.5 Å². The molecular formula is C35H31F5N6O4. The van der Waals surface area contributed by atoms with E-state index in [2.05, 4.69) is 5.32 Å². The van der Waals surface area contributed by atoms with Crippen molar-refractivity contribution >= 4 is 33.7 Å². The summed E-state index contributed by atoms with van der Waals surface area (Å²) in [5, 5.41) is 21.0. The molecule has 3 heterocycles. The number of pyridine rings is 2. The summed E-state index contributed by atoms with van der Waals surface area (Å²) in [6.07, 6.45) is 4.30. The molecule has 1 atom stereocenters. The Hall–Kier alpha value is -5.44. The van der Waals surface area contributed by atoms with Gasteiger partial charge in [0.25, 0.3) is 0 Å². The quantitative estimate of drug-likeness (QED) is 0.198. The number of nitriles is 2. The van der Waals surface area contributed by atoms with Crippen LogP contribution in [0.15, 0.2) is 34.0 Å². The van der Waals surface area contributed by atoms with Crippen LogP contribution in [-0.4, -0.2) is 40.0 Å². The molecule has 0 bridgehead atoms. The van der Waals surface area contributed by atoms with E-state index in [1.807, 2.05) is 11.0 Å². The molecule has 1 N–H and O–H groups in total. The fourth-order valence-corrected chi connectivity index (χ4v) is 6.23. The lowest BCUT2D eigenvalue weighted by molar-refractivity contribution is 0.0509. The Morgan fingerprint density at radius 1 is 0.860 bits per heavy atom. The van der Waals surface area contributed by atoms with Gasteiger partial charge in [-0.05, 0) is 65.0 Å². The van der Waals surface area contributed by atoms with Gasteiger partial charge in [0, 0.05) is 37.4 Å². The van der Waals surface area contributed by atoms with Crippen molar-refractivity contribution in [3.05, 3.63) is 85.1 Å². The third kappa shape index (κ3) is 6.47. The second-order valence-electron chi connectivity index (χ2n) is 13.6. The van der Waals surface area contributed by atoms with Crippen LogP contribution in [0.3, 0.4) is 0 Å². The van der Waals surface area contributed by atoms with Crippen LogP contribution in [0.1, 0.15) is 76.1 Å². The number of rotatable bonds is 4. The van der Waals surface area contributed by atoms with Gasteiger partial charge < -0.3 is 24.1 Å². The van der Waals surface area contributed by atoms with Gasteiger partial charge in [-0.3, -0.25) is 9.59 Å². The van der Waals surface area contributed by atoms with E-state index in [9.17, 15) is 41.6 Å². The molecule has 2 aromatic heterocycles. The number of ether oxygens (including phenoxy) is 1. The van der Waals surface area contributed by atoms with Crippen molar-refractivity contribution in [2.75, 3.05) is 18.0 Å². The summed E-state index contributed by atoms with van der Waals surface area (Å²) in [5.41, 5.74) is -2.70. The molecule has 1 unspecified atom stereocenters. The number of nitrogens with zero attached hydrogens (tertiary/aromatic N) is 5. The van der Waals surface area contributed by atoms with Crippen molar-refractivity contribution in [3.63, 3.8) is 0 Å². The molecule has 10 nitrogen and oxygen atoms in total. The molecule has 2 aliphatic carbocycles. The lowest BCUT2D eigenvalue weighted by Crippen LogP contribution is -2.41. The highest BCUT2D eigenvalue weighted by Crippen LogP contribution is 2.43. The Balaban J connectivity index is 0.000000194. The van der Waals surface area contributed by atoms with Crippen LogP contribution < -0.4 is 21.1 Å². The predicted molar refractivity (Wildman–Crippen MR) is 172 cm³/mol. The van der Waals surface area contributed by atoms with Gasteiger partial charge in [-0.2, -0.15) is 10.5 Å². The average Bonchev–Trinajstić information content (AvgIpc) is 3.98. The fraction of sp³-hybridized carbons (Fsp3) is 0.400. The number of amides is 1. The van der Waals surface area contributed by atoms with Gasteiger partial charge in [0.15, 0.2) is 23.3 Å². The number of alkyl carbamates (subject to hydrolysis) is 1. The Morgan fingerprint density at radius 3 is 2.12 bits per heavy atom. The SMILES string of the molecule is CC(C)(C)OC(=O)NC1CCN(c2c(C#N)c(=O)c3cc(F)cc(F)c3n2C2CC2)C1.N#Cc1cn(C2CC2)c2c(F)c(F)c(F)cc2c1=O. The second kappa shape index (κ2) is 12.8. The Morgan fingerprint density at radius 2 is 1.52 bits per heavy atom. The van der Waals surface area contributed by atoms with Gasteiger partial charge in [-0.1, -0.05) is 0 Å². The number of benzene rings is 2. The number of halogens is 5. The first-order valence-corrected chi connectivity index (χ1v) is 16.0. The van der Waals surface area contributed by atoms with E-state index in [-0.39, 0.29) is 51.1 Å². The number of carbonyl (C=O) groups is 1. The molecule has 2 saturated carbocycles. The average molecular weight is 695 g/mol. The molecule has 1 amide bonds. The van der Waals surface area contributed by atoms with E-state index in [1.54, 1.807) is 31.4 Å². The zero-order valence-corrected chi connectivity index (χ0v) is 27.3. The lowest BCUT2D eigenvalue weighted by Gasteiger charge is -2.27. The second-order valence-corrected chi connectivity index (χ2v) is 13.6. The van der Waals surface area contributed by atoms with Crippen molar-refractivity contribution in [2.24, 2.45) is 0 Å². The maximum Gasteiger partial charge on any atom is 0.407 e. The molecular weight excluding hydrogens is 663 g/mol. The van der Waals surface area contributed by atoms with Crippen molar-refractivity contribution in [3.8, 4) is 12.1 Å². The Bertz CT molecular complexity index is 2280. The summed E-state index contributed by atoms with van der Waals surface area (Å²) in [7, 11) is 0. The molecule has 1 aliphatic heterocycles. The zero-order chi connectivity index (χ0) is 36.2. The molecule has 260 valence electrons. The molecule has 3 fully saturated rings. The van der Waals surface area contributed by atoms with Crippen molar-refractivity contribution in [2.45, 2.75) is 76.6 Å². The Kier molecular flexibility index (Phi) is 8.80. The first-order chi connectivity index (χ1) is 23.6. The van der Waals surface area contributed by atoms with Gasteiger partial charge in [-0.25, -0.2) is 26.7 Å². The number of carbonyl (C=O) groups excluding carboxylic acids is 1. The van der Waals surface area contributed by atoms with Gasteiger partial charge in [0.05, 0.1) is 27.8 Å². The van der Waals surface area contributed by atoms with Crippen LogP contribution in [0.5, 0.6) is 0 Å². The highest BCUT2D eigenvalue weighted by Gasteiger charge is 2.36. The number of hydrogen-bond acceptors (Lipinski definition) is 7. The normalized spacial score (nSPS) is 17.2. The minimum atomic E-state index is -1.61. The number of fused-ring (bicyclic) bond motifs is 2. The molecule has 1 saturated heterocycles. The summed E-state index contributed by atoms with van der Waals surface area (Å²) in [6, 6.07) is 5.64. The summed E-state index contributed by atoms with van der Waals surface area (Å²) in [4.78, 5) is 38.8. The van der Waals surface area contributed by atoms with Gasteiger partial charge in [-0.15, -0.1) is 0 Å². The van der Waals surface area contributed by atoms with Crippen molar-refractivity contribution in [1.29, 1.82) is 10.5 Å². The minimum absolute atomic E-state index is 0.0199. The lowest BCUT2D eigenvalue weighted by atomic mass is 10.1. The van der Waals surface area contributed by atoms with Crippen LogP contribution in [0.25, 0.3) is 21.8 Å². The third-order valence-corrected chi connectivity index (χ3v) is 8.64. The molecule has 4 aromatic rings. The van der Waals surface area contributed by atoms with Crippen LogP contribution in [-0.2, 0) is 4.74 Å². The van der Waals surface area contributed by atoms with E-state index < -0.39 is 51.6 Å². The first kappa shape index (κ1) is 34.4. The van der Waals surface area contributed by atoms with E-state index in [1.165, 1.54) is 10.8 Å². The third-order valence-electron chi connectivity index (χ3n) is 8.64. The van der Waals surface area contributed by atoms with Crippen LogP contribution in [0.2, 0.25) is 0 Å². The van der Waals surface area contributed by atoms with Crippen LogP contribution in [0.4, 0.5) is 32.6 Å². The Labute approximate surface area is 281 Å². The van der Waals surface area contributed by atoms with Crippen LogP contribution >= 0.6 is 0 Å². The molecule has 15 heteroatoms. The van der Waals surface area contributed by atoms with E-state index in [0.717, 1.165) is 37.8 Å². The number of aromatic nitrogens is 2. The van der Waals surface area contributed by atoms with E-state index in [4.69, 9.17) is 10.00 Å². The molecule has 0 spiro atoms. The maximum atomic E-state index is 14.8. The maximum absolute atomic E-state index is 14.8. The van der Waals surface area contributed by atoms with Crippen molar-refractivity contribution < 1.29 is 31.5 Å². The zero-order valence-electron chi connectivity index (χ0n) is 27.3. The number of hydrogen-bond donors (Lipinski definition) is 1. The monoisotopic (exact) mass is 694 g/mol. The highest BCUT2D eigenvalue weighted by atomic mass is 19.2. The molecule has 0 radical (unpaired) electrons. The number of anilines is 1. The van der Waals surface area contributed by atoms with Crippen LogP contribution in [0, 0.1) is 51.7 Å². The summed E-state index contributed by atoms with van der Waals surface area (Å²) in [6.45, 7) is 6.12. The van der Waals surface area contributed by atoms with Gasteiger partial charge in [0.2, 0.25) is 10.9 Å². The predicted octanol–water partition coefficient (Wildman–Crippen LogP) is 6.22. The molecule has 7 rings (SSSR count). The van der Waals surface area contributed by atoms with Gasteiger partial charge in [0.1, 0.15) is 40.5 Å². The molecule has 2 aromatic carbocycles. The first-order valence-electron chi connectivity index (χ1n) is 16.0. The molecule has 50 heavy (non-hydrogen) atoms. The highest BCUT2D eigenvalue weighted by molar-refractivity contribution is 5.85. The largest absolute Gasteiger partial charge is 0.444 e. The van der Waals surface area contributed by atoms with Gasteiger partial charge >= 0.3 is 6.09 Å². The summed E-state index contributed by atoms with van der Waals surface area (Å²) >= 11 is 0. The van der Waals surface area contributed by atoms with E-state index >= 15 is 0 Å². The number of nitrogens with one attached hydrogen (secondary N) is 1. The standard InChI is InChI=1S/C22H24F2N4O3.C13H7F3N2O/c1-22(2,3)31-21(30)26-13-6-7-27(11-13)20-16(10-25)19(29)15-8-12(23)9-17(24)18(15)28(20)14-4-5-14;14-9-3-8-12(11(16)10(9)15)18(7-1-2-7)5-6(4-17)13(8)19/h8-9,13-14H,4-7,11H2,1-3H3,(H,26,30);3,5,7H,1-2H2. The van der Waals surface area contributed by atoms with E-state index in [0.29, 0.717) is 31.4 Å².